The van der Waals surface area contributed by atoms with Gasteiger partial charge in [0.2, 0.25) is 5.91 Å². The van der Waals surface area contributed by atoms with Crippen LogP contribution >= 0.6 is 0 Å². The second-order valence-electron chi connectivity index (χ2n) is 5.85. The zero-order valence-electron chi connectivity index (χ0n) is 12.2. The number of nitrogens with zero attached hydrogens (tertiary/aromatic N) is 1. The number of amides is 1. The number of hydrogen-bond donors (Lipinski definition) is 3. The van der Waals surface area contributed by atoms with Gasteiger partial charge in [0.1, 0.15) is 11.6 Å². The molecule has 20 heavy (non-hydrogen) atoms. The van der Waals surface area contributed by atoms with Crippen molar-refractivity contribution in [3.8, 4) is 0 Å². The van der Waals surface area contributed by atoms with Crippen LogP contribution in [0.15, 0.2) is 22.6 Å². The summed E-state index contributed by atoms with van der Waals surface area (Å²) in [5.41, 5.74) is 7.31. The van der Waals surface area contributed by atoms with Gasteiger partial charge in [-0.15, -0.1) is 0 Å². The number of benzene rings is 1. The van der Waals surface area contributed by atoms with E-state index in [-0.39, 0.29) is 11.4 Å². The molecule has 1 aromatic carbocycles. The maximum absolute atomic E-state index is 12.0. The smallest absolute Gasteiger partial charge is 0.296 e. The third-order valence-electron chi connectivity index (χ3n) is 2.64. The number of oxazole rings is 1. The van der Waals surface area contributed by atoms with Crippen molar-refractivity contribution in [2.24, 2.45) is 0 Å². The minimum absolute atomic E-state index is 0.112. The lowest BCUT2D eigenvalue weighted by Crippen LogP contribution is -2.47. The zero-order valence-corrected chi connectivity index (χ0v) is 12.2. The highest BCUT2D eigenvalue weighted by atomic mass is 16.4. The fraction of sp³-hybridized carbons (Fsp3) is 0.429. The molecule has 1 amide bonds. The Kier molecular flexibility index (Phi) is 3.57. The molecular formula is C14H20N4O2. The largest absolute Gasteiger partial charge is 0.423 e. The molecule has 0 spiro atoms. The number of nitrogens with one attached hydrogen (secondary N) is 2. The van der Waals surface area contributed by atoms with Crippen LogP contribution in [-0.4, -0.2) is 22.5 Å². The van der Waals surface area contributed by atoms with Gasteiger partial charge in [-0.3, -0.25) is 4.79 Å². The van der Waals surface area contributed by atoms with Crippen LogP contribution in [0.1, 0.15) is 27.7 Å². The fourth-order valence-corrected chi connectivity index (χ4v) is 1.73. The van der Waals surface area contributed by atoms with Crippen LogP contribution in [0.5, 0.6) is 0 Å². The van der Waals surface area contributed by atoms with Crippen molar-refractivity contribution in [2.45, 2.75) is 39.3 Å². The summed E-state index contributed by atoms with van der Waals surface area (Å²) in [5.74, 6) is -0.112. The number of carbonyl (C=O) groups excluding carboxylic acids is 1. The van der Waals surface area contributed by atoms with Crippen molar-refractivity contribution in [1.29, 1.82) is 0 Å². The Morgan fingerprint density at radius 1 is 1.40 bits per heavy atom. The molecule has 0 saturated heterocycles. The van der Waals surface area contributed by atoms with E-state index < -0.39 is 6.04 Å². The summed E-state index contributed by atoms with van der Waals surface area (Å²) >= 11 is 0. The minimum Gasteiger partial charge on any atom is -0.423 e. The Bertz CT molecular complexity index is 628. The molecule has 1 unspecified atom stereocenters. The summed E-state index contributed by atoms with van der Waals surface area (Å²) in [7, 11) is 0. The highest BCUT2D eigenvalue weighted by molar-refractivity contribution is 5.85. The molecule has 0 aliphatic rings. The molecule has 1 atom stereocenters. The minimum atomic E-state index is -0.445. The lowest BCUT2D eigenvalue weighted by molar-refractivity contribution is -0.122. The third kappa shape index (κ3) is 3.40. The molecule has 0 aliphatic heterocycles. The van der Waals surface area contributed by atoms with Gasteiger partial charge in [-0.1, -0.05) is 0 Å². The van der Waals surface area contributed by atoms with E-state index in [1.807, 2.05) is 20.8 Å². The SMILES string of the molecule is CC(Nc1nc2ccc(N)cc2o1)C(=O)NC(C)(C)C. The Morgan fingerprint density at radius 3 is 2.75 bits per heavy atom. The second-order valence-corrected chi connectivity index (χ2v) is 5.85. The highest BCUT2D eigenvalue weighted by Crippen LogP contribution is 2.21. The molecule has 0 saturated carbocycles. The Labute approximate surface area is 117 Å². The molecule has 2 rings (SSSR count). The van der Waals surface area contributed by atoms with Crippen molar-refractivity contribution < 1.29 is 9.21 Å². The van der Waals surface area contributed by atoms with Crippen LogP contribution in [-0.2, 0) is 4.79 Å². The second kappa shape index (κ2) is 5.03. The van der Waals surface area contributed by atoms with E-state index in [4.69, 9.17) is 10.2 Å². The first-order chi connectivity index (χ1) is 9.24. The molecule has 0 radical (unpaired) electrons. The monoisotopic (exact) mass is 276 g/mol. The number of anilines is 2. The van der Waals surface area contributed by atoms with Crippen molar-refractivity contribution in [1.82, 2.24) is 10.3 Å². The molecule has 0 bridgehead atoms. The van der Waals surface area contributed by atoms with Gasteiger partial charge in [0.15, 0.2) is 5.58 Å². The van der Waals surface area contributed by atoms with Gasteiger partial charge in [0.25, 0.3) is 6.01 Å². The van der Waals surface area contributed by atoms with Crippen LogP contribution in [0, 0.1) is 0 Å². The predicted octanol–water partition coefficient (Wildman–Crippen LogP) is 2.13. The molecule has 4 N–H and O–H groups in total. The molecule has 1 aromatic heterocycles. The first kappa shape index (κ1) is 14.2. The number of nitrogen functional groups attached to an aromatic ring is 1. The first-order valence-corrected chi connectivity index (χ1v) is 6.49. The summed E-state index contributed by atoms with van der Waals surface area (Å²) in [6.07, 6.45) is 0. The van der Waals surface area contributed by atoms with E-state index in [1.54, 1.807) is 25.1 Å². The Morgan fingerprint density at radius 2 is 2.10 bits per heavy atom. The topological polar surface area (TPSA) is 93.2 Å². The molecule has 0 fully saturated rings. The predicted molar refractivity (Wildman–Crippen MR) is 79.4 cm³/mol. The summed E-state index contributed by atoms with van der Waals surface area (Å²) in [5, 5.41) is 5.83. The van der Waals surface area contributed by atoms with Crippen molar-refractivity contribution in [3.63, 3.8) is 0 Å². The molecule has 1 heterocycles. The van der Waals surface area contributed by atoms with Crippen LogP contribution in [0.3, 0.4) is 0 Å². The molecule has 0 aliphatic carbocycles. The molecule has 6 heteroatoms. The van der Waals surface area contributed by atoms with E-state index in [1.165, 1.54) is 0 Å². The van der Waals surface area contributed by atoms with E-state index in [2.05, 4.69) is 15.6 Å². The van der Waals surface area contributed by atoms with E-state index >= 15 is 0 Å². The summed E-state index contributed by atoms with van der Waals surface area (Å²) in [6, 6.07) is 5.10. The summed E-state index contributed by atoms with van der Waals surface area (Å²) in [6.45, 7) is 7.55. The fourth-order valence-electron chi connectivity index (χ4n) is 1.73. The van der Waals surface area contributed by atoms with E-state index in [9.17, 15) is 4.79 Å². The third-order valence-corrected chi connectivity index (χ3v) is 2.64. The number of hydrogen-bond acceptors (Lipinski definition) is 5. The Balaban J connectivity index is 2.09. The van der Waals surface area contributed by atoms with Crippen LogP contribution in [0.25, 0.3) is 11.1 Å². The maximum Gasteiger partial charge on any atom is 0.296 e. The van der Waals surface area contributed by atoms with Gasteiger partial charge >= 0.3 is 0 Å². The standard InChI is InChI=1S/C14H20N4O2/c1-8(12(19)18-14(2,3)4)16-13-17-10-6-5-9(15)7-11(10)20-13/h5-8H,15H2,1-4H3,(H,16,17)(H,18,19). The normalized spacial score (nSPS) is 13.2. The van der Waals surface area contributed by atoms with Crippen molar-refractivity contribution >= 4 is 28.7 Å². The summed E-state index contributed by atoms with van der Waals surface area (Å²) in [4.78, 5) is 16.2. The highest BCUT2D eigenvalue weighted by Gasteiger charge is 2.20. The average molecular weight is 276 g/mol. The van der Waals surface area contributed by atoms with Gasteiger partial charge in [-0.05, 0) is 39.8 Å². The molecule has 6 nitrogen and oxygen atoms in total. The molecule has 2 aromatic rings. The number of aromatic nitrogens is 1. The average Bonchev–Trinajstić information content (AvgIpc) is 2.67. The lowest BCUT2D eigenvalue weighted by Gasteiger charge is -2.23. The van der Waals surface area contributed by atoms with Crippen LogP contribution in [0.4, 0.5) is 11.7 Å². The lowest BCUT2D eigenvalue weighted by atomic mass is 10.1. The molecule has 108 valence electrons. The summed E-state index contributed by atoms with van der Waals surface area (Å²) < 4.78 is 5.52. The number of fused-ring (bicyclic) bond motifs is 1. The Hall–Kier alpha value is -2.24. The zero-order chi connectivity index (χ0) is 14.9. The van der Waals surface area contributed by atoms with Crippen molar-refractivity contribution in [3.05, 3.63) is 18.2 Å². The van der Waals surface area contributed by atoms with E-state index in [0.29, 0.717) is 22.8 Å². The first-order valence-electron chi connectivity index (χ1n) is 6.49. The van der Waals surface area contributed by atoms with Gasteiger partial charge in [0.05, 0.1) is 0 Å². The van der Waals surface area contributed by atoms with Crippen molar-refractivity contribution in [2.75, 3.05) is 11.1 Å². The molecular weight excluding hydrogens is 256 g/mol. The van der Waals surface area contributed by atoms with Gasteiger partial charge in [-0.25, -0.2) is 0 Å². The van der Waals surface area contributed by atoms with E-state index in [0.717, 1.165) is 0 Å². The van der Waals surface area contributed by atoms with Gasteiger partial charge in [0, 0.05) is 17.3 Å². The van der Waals surface area contributed by atoms with Crippen LogP contribution < -0.4 is 16.4 Å². The quantitative estimate of drug-likeness (QED) is 0.747. The van der Waals surface area contributed by atoms with Gasteiger partial charge in [-0.2, -0.15) is 4.98 Å². The number of nitrogens with two attached hydrogens (primary N) is 1. The van der Waals surface area contributed by atoms with Gasteiger partial charge < -0.3 is 20.8 Å². The maximum atomic E-state index is 12.0. The number of carbonyl (C=O) groups is 1. The van der Waals surface area contributed by atoms with Crippen LogP contribution in [0.2, 0.25) is 0 Å². The number of rotatable bonds is 3.